The van der Waals surface area contributed by atoms with Crippen molar-refractivity contribution in [2.45, 2.75) is 58.1 Å². The van der Waals surface area contributed by atoms with E-state index in [1.54, 1.807) is 7.05 Å². The van der Waals surface area contributed by atoms with Crippen molar-refractivity contribution in [2.75, 3.05) is 20.1 Å². The van der Waals surface area contributed by atoms with Crippen LogP contribution in [-0.2, 0) is 11.2 Å². The molecule has 3 N–H and O–H groups in total. The summed E-state index contributed by atoms with van der Waals surface area (Å²) >= 11 is 0. The lowest BCUT2D eigenvalue weighted by atomic mass is 9.78. The molecule has 0 fully saturated rings. The summed E-state index contributed by atoms with van der Waals surface area (Å²) in [6.07, 6.45) is 0.685. The average molecular weight is 361 g/mol. The molecular weight excluding hydrogens is 328 g/mol. The largest absolute Gasteiger partial charge is 0.444 e. The molecule has 6 nitrogen and oxygen atoms in total. The molecule has 1 unspecified atom stereocenters. The second kappa shape index (κ2) is 7.98. The second-order valence-corrected chi connectivity index (χ2v) is 8.42. The second-order valence-electron chi connectivity index (χ2n) is 8.42. The van der Waals surface area contributed by atoms with Gasteiger partial charge in [-0.15, -0.1) is 0 Å². The lowest BCUT2D eigenvalue weighted by Gasteiger charge is -2.32. The molecule has 1 aliphatic rings. The van der Waals surface area contributed by atoms with Gasteiger partial charge in [0.2, 0.25) is 0 Å². The highest BCUT2D eigenvalue weighted by Crippen LogP contribution is 2.33. The molecule has 1 amide bonds. The molecule has 1 aliphatic carbocycles. The van der Waals surface area contributed by atoms with Gasteiger partial charge in [0, 0.05) is 26.1 Å². The molecule has 0 radical (unpaired) electrons. The Kier molecular flexibility index (Phi) is 6.16. The van der Waals surface area contributed by atoms with E-state index in [1.165, 1.54) is 11.1 Å². The molecule has 2 rings (SSSR count). The van der Waals surface area contributed by atoms with E-state index >= 15 is 0 Å². The van der Waals surface area contributed by atoms with Gasteiger partial charge in [0.25, 0.3) is 0 Å². The van der Waals surface area contributed by atoms with E-state index in [4.69, 9.17) is 4.74 Å². The predicted molar refractivity (Wildman–Crippen MR) is 106 cm³/mol. The normalized spacial score (nSPS) is 17.0. The van der Waals surface area contributed by atoms with Gasteiger partial charge in [0.1, 0.15) is 5.60 Å². The van der Waals surface area contributed by atoms with Crippen molar-refractivity contribution in [2.24, 2.45) is 4.99 Å². The monoisotopic (exact) mass is 360 g/mol. The number of alkyl carbamates (subject to hydrolysis) is 1. The molecule has 26 heavy (non-hydrogen) atoms. The lowest BCUT2D eigenvalue weighted by Crippen LogP contribution is -2.54. The number of hydrogen-bond acceptors (Lipinski definition) is 3. The van der Waals surface area contributed by atoms with Gasteiger partial charge in [-0.1, -0.05) is 24.3 Å². The van der Waals surface area contributed by atoms with Crippen LogP contribution in [0.25, 0.3) is 0 Å². The minimum atomic E-state index is -0.510. The van der Waals surface area contributed by atoms with Crippen molar-refractivity contribution in [1.82, 2.24) is 16.0 Å². The van der Waals surface area contributed by atoms with Gasteiger partial charge in [-0.2, -0.15) is 0 Å². The molecule has 6 heteroatoms. The van der Waals surface area contributed by atoms with E-state index in [2.05, 4.69) is 45.2 Å². The summed E-state index contributed by atoms with van der Waals surface area (Å²) in [6, 6.07) is 8.55. The highest BCUT2D eigenvalue weighted by Gasteiger charge is 2.26. The Morgan fingerprint density at radius 3 is 2.50 bits per heavy atom. The van der Waals surface area contributed by atoms with E-state index in [9.17, 15) is 4.79 Å². The topological polar surface area (TPSA) is 74.8 Å². The summed E-state index contributed by atoms with van der Waals surface area (Å²) < 4.78 is 5.32. The summed E-state index contributed by atoms with van der Waals surface area (Å²) in [6.45, 7) is 10.8. The van der Waals surface area contributed by atoms with Crippen molar-refractivity contribution >= 4 is 12.1 Å². The van der Waals surface area contributed by atoms with Crippen LogP contribution in [-0.4, -0.2) is 43.3 Å². The van der Waals surface area contributed by atoms with Crippen LogP contribution in [0, 0.1) is 0 Å². The number of ether oxygens (including phenoxy) is 1. The Bertz CT molecular complexity index is 662. The molecule has 1 aromatic carbocycles. The van der Waals surface area contributed by atoms with E-state index in [0.717, 1.165) is 18.9 Å². The van der Waals surface area contributed by atoms with Gasteiger partial charge in [-0.05, 0) is 52.2 Å². The number of rotatable bonds is 5. The Hall–Kier alpha value is -2.24. The zero-order valence-corrected chi connectivity index (χ0v) is 16.8. The minimum absolute atomic E-state index is 0.418. The number of hydrogen-bond donors (Lipinski definition) is 3. The maximum Gasteiger partial charge on any atom is 0.408 e. The number of nitrogens with one attached hydrogen (secondary N) is 3. The Morgan fingerprint density at radius 1 is 1.19 bits per heavy atom. The lowest BCUT2D eigenvalue weighted by molar-refractivity contribution is 0.0474. The maximum atomic E-state index is 12.0. The standard InChI is InChI=1S/C20H32N4O2/c1-19(2,3)26-18(25)24-20(4,5)13-23-17(21-6)22-12-15-11-14-9-7-8-10-16(14)15/h7-10,15H,11-13H2,1-6H3,(H,24,25)(H2,21,22,23). The quantitative estimate of drug-likeness (QED) is 0.558. The number of carbonyl (C=O) groups is 1. The number of aliphatic imine (C=N–C) groups is 1. The third-order valence-corrected chi connectivity index (χ3v) is 4.24. The van der Waals surface area contributed by atoms with Crippen LogP contribution in [0.2, 0.25) is 0 Å². The fourth-order valence-corrected chi connectivity index (χ4v) is 2.91. The number of carbonyl (C=O) groups excluding carboxylic acids is 1. The van der Waals surface area contributed by atoms with Crippen LogP contribution >= 0.6 is 0 Å². The number of guanidine groups is 1. The summed E-state index contributed by atoms with van der Waals surface area (Å²) in [5.74, 6) is 1.26. The Labute approximate surface area is 156 Å². The third kappa shape index (κ3) is 5.93. The molecular formula is C20H32N4O2. The van der Waals surface area contributed by atoms with E-state index < -0.39 is 17.2 Å². The van der Waals surface area contributed by atoms with Crippen LogP contribution < -0.4 is 16.0 Å². The van der Waals surface area contributed by atoms with Crippen LogP contribution in [0.3, 0.4) is 0 Å². The molecule has 0 saturated heterocycles. The van der Waals surface area contributed by atoms with Gasteiger partial charge < -0.3 is 20.7 Å². The average Bonchev–Trinajstić information content (AvgIpc) is 2.48. The molecule has 1 atom stereocenters. The molecule has 0 heterocycles. The summed E-state index contributed by atoms with van der Waals surface area (Å²) in [5.41, 5.74) is 1.88. The van der Waals surface area contributed by atoms with E-state index in [0.29, 0.717) is 12.5 Å². The van der Waals surface area contributed by atoms with E-state index in [-0.39, 0.29) is 0 Å². The molecule has 0 spiro atoms. The van der Waals surface area contributed by atoms with Crippen molar-refractivity contribution in [3.8, 4) is 0 Å². The minimum Gasteiger partial charge on any atom is -0.444 e. The highest BCUT2D eigenvalue weighted by molar-refractivity contribution is 5.80. The Morgan fingerprint density at radius 2 is 1.88 bits per heavy atom. The van der Waals surface area contributed by atoms with Crippen LogP contribution in [0.5, 0.6) is 0 Å². The SMILES string of the molecule is CN=C(NCC1Cc2ccccc21)NCC(C)(C)NC(=O)OC(C)(C)C. The zero-order valence-electron chi connectivity index (χ0n) is 16.8. The van der Waals surface area contributed by atoms with Crippen molar-refractivity contribution < 1.29 is 9.53 Å². The van der Waals surface area contributed by atoms with Crippen molar-refractivity contribution in [1.29, 1.82) is 0 Å². The van der Waals surface area contributed by atoms with Crippen molar-refractivity contribution in [3.63, 3.8) is 0 Å². The maximum absolute atomic E-state index is 12.0. The number of fused-ring (bicyclic) bond motifs is 1. The fraction of sp³-hybridized carbons (Fsp3) is 0.600. The summed E-state index contributed by atoms with van der Waals surface area (Å²) in [5, 5.41) is 9.53. The zero-order chi connectivity index (χ0) is 19.4. The molecule has 0 aromatic heterocycles. The first kappa shape index (κ1) is 20.1. The highest BCUT2D eigenvalue weighted by atomic mass is 16.6. The van der Waals surface area contributed by atoms with Crippen LogP contribution in [0.4, 0.5) is 4.79 Å². The van der Waals surface area contributed by atoms with Crippen LogP contribution in [0.15, 0.2) is 29.3 Å². The third-order valence-electron chi connectivity index (χ3n) is 4.24. The number of nitrogens with zero attached hydrogens (tertiary/aromatic N) is 1. The molecule has 144 valence electrons. The van der Waals surface area contributed by atoms with Gasteiger partial charge in [-0.3, -0.25) is 4.99 Å². The van der Waals surface area contributed by atoms with E-state index in [1.807, 2.05) is 34.6 Å². The first-order valence-corrected chi connectivity index (χ1v) is 9.13. The predicted octanol–water partition coefficient (Wildman–Crippen LogP) is 2.79. The first-order chi connectivity index (χ1) is 12.1. The van der Waals surface area contributed by atoms with Gasteiger partial charge in [0.15, 0.2) is 5.96 Å². The van der Waals surface area contributed by atoms with Gasteiger partial charge in [0.05, 0.1) is 5.54 Å². The number of amides is 1. The summed E-state index contributed by atoms with van der Waals surface area (Å²) in [7, 11) is 1.75. The number of benzene rings is 1. The van der Waals surface area contributed by atoms with Crippen LogP contribution in [0.1, 0.15) is 51.7 Å². The Balaban J connectivity index is 1.77. The molecule has 0 aliphatic heterocycles. The molecule has 0 bridgehead atoms. The van der Waals surface area contributed by atoms with Gasteiger partial charge >= 0.3 is 6.09 Å². The first-order valence-electron chi connectivity index (χ1n) is 9.13. The fourth-order valence-electron chi connectivity index (χ4n) is 2.91. The smallest absolute Gasteiger partial charge is 0.408 e. The van der Waals surface area contributed by atoms with Gasteiger partial charge in [-0.25, -0.2) is 4.79 Å². The van der Waals surface area contributed by atoms with Crippen molar-refractivity contribution in [3.05, 3.63) is 35.4 Å². The molecule has 1 aromatic rings. The molecule has 0 saturated carbocycles. The summed E-state index contributed by atoms with van der Waals surface area (Å²) in [4.78, 5) is 16.2.